The first-order valence-corrected chi connectivity index (χ1v) is 9.79. The van der Waals surface area contributed by atoms with E-state index in [2.05, 4.69) is 10.3 Å². The molecule has 22 heavy (non-hydrogen) atoms. The van der Waals surface area contributed by atoms with Crippen molar-refractivity contribution in [2.24, 2.45) is 4.99 Å². The second-order valence-electron chi connectivity index (χ2n) is 4.51. The number of rotatable bonds is 6. The maximum atomic E-state index is 11.8. The van der Waals surface area contributed by atoms with E-state index in [1.807, 2.05) is 24.3 Å². The number of benzene rings is 1. The van der Waals surface area contributed by atoms with Gasteiger partial charge in [0, 0.05) is 24.8 Å². The van der Waals surface area contributed by atoms with E-state index in [0.29, 0.717) is 43.4 Å². The minimum absolute atomic E-state index is 0.181. The molecule has 0 atom stereocenters. The van der Waals surface area contributed by atoms with E-state index in [-0.39, 0.29) is 18.6 Å². The number of fused-ring (bicyclic) bond motifs is 1. The number of carbonyl (C=O) groups excluding carboxylic acids is 1. The summed E-state index contributed by atoms with van der Waals surface area (Å²) in [4.78, 5) is 35.1. The second-order valence-corrected chi connectivity index (χ2v) is 6.78. The Morgan fingerprint density at radius 3 is 2.68 bits per heavy atom. The number of hydrogen-bond acceptors (Lipinski definition) is 6. The Labute approximate surface area is 145 Å². The van der Waals surface area contributed by atoms with Gasteiger partial charge in [0.25, 0.3) is 5.91 Å². The number of amides is 1. The third kappa shape index (κ3) is 5.40. The third-order valence-electron chi connectivity index (χ3n) is 2.95. The van der Waals surface area contributed by atoms with Gasteiger partial charge < -0.3 is 19.3 Å². The van der Waals surface area contributed by atoms with Crippen LogP contribution in [0.1, 0.15) is 18.9 Å². The van der Waals surface area contributed by atoms with Gasteiger partial charge in [-0.1, -0.05) is 18.2 Å². The van der Waals surface area contributed by atoms with Crippen LogP contribution >= 0.6 is 0 Å². The van der Waals surface area contributed by atoms with E-state index in [1.165, 1.54) is 0 Å². The van der Waals surface area contributed by atoms with E-state index in [1.54, 1.807) is 6.92 Å². The Bertz CT molecular complexity index is 553. The number of nitrogens with zero attached hydrogens (tertiary/aromatic N) is 1. The van der Waals surface area contributed by atoms with Crippen LogP contribution in [-0.4, -0.2) is 43.2 Å². The number of para-hydroxylation sites is 1. The van der Waals surface area contributed by atoms with Crippen molar-refractivity contribution in [2.45, 2.75) is 19.4 Å². The summed E-state index contributed by atoms with van der Waals surface area (Å²) in [5, 5.41) is 2.74. The Morgan fingerprint density at radius 1 is 1.32 bits per heavy atom. The van der Waals surface area contributed by atoms with Gasteiger partial charge in [0.1, 0.15) is 5.71 Å². The molecule has 2 rings (SSSR count). The van der Waals surface area contributed by atoms with Crippen molar-refractivity contribution in [3.8, 4) is 0 Å². The maximum absolute atomic E-state index is 11.8. The molecular weight excluding hydrogens is 383 g/mol. The van der Waals surface area contributed by atoms with E-state index >= 15 is 0 Å². The van der Waals surface area contributed by atoms with Gasteiger partial charge in [-0.05, 0) is 19.4 Å². The molecule has 0 spiro atoms. The van der Waals surface area contributed by atoms with Crippen LogP contribution in [0, 0.1) is 0 Å². The average molecular weight is 402 g/mol. The van der Waals surface area contributed by atoms with Crippen molar-refractivity contribution >= 4 is 26.1 Å². The second kappa shape index (κ2) is 9.32. The van der Waals surface area contributed by atoms with Gasteiger partial charge in [-0.15, -0.1) is 0 Å². The van der Waals surface area contributed by atoms with Crippen molar-refractivity contribution in [1.29, 1.82) is 0 Å². The summed E-state index contributed by atoms with van der Waals surface area (Å²) in [5.74, 6) is -0.215. The fraction of sp³-hybridized carbons (Fsp3) is 0.385. The van der Waals surface area contributed by atoms with E-state index < -0.39 is 8.80 Å². The molecule has 7 nitrogen and oxygen atoms in total. The summed E-state index contributed by atoms with van der Waals surface area (Å²) < 4.78 is 13.2. The van der Waals surface area contributed by atoms with Crippen LogP contribution in [-0.2, 0) is 36.8 Å². The van der Waals surface area contributed by atoms with Gasteiger partial charge in [-0.2, -0.15) is 0 Å². The summed E-state index contributed by atoms with van der Waals surface area (Å²) in [7, 11) is -3.54. The molecule has 1 amide bonds. The molecule has 0 bridgehead atoms. The molecule has 0 fully saturated rings. The third-order valence-corrected chi connectivity index (χ3v) is 4.71. The van der Waals surface area contributed by atoms with Gasteiger partial charge in [0.05, 0.1) is 5.69 Å². The zero-order chi connectivity index (χ0) is 16.6. The molecule has 1 aromatic carbocycles. The van der Waals surface area contributed by atoms with Crippen LogP contribution in [0.3, 0.4) is 0 Å². The molecule has 0 aromatic heterocycles. The zero-order valence-corrected chi connectivity index (χ0v) is 15.7. The molecule has 1 aliphatic heterocycles. The molecule has 3 N–H and O–H groups in total. The molecule has 1 aliphatic rings. The molecule has 0 aliphatic carbocycles. The first-order chi connectivity index (χ1) is 10.5. The van der Waals surface area contributed by atoms with E-state index in [9.17, 15) is 14.4 Å². The predicted molar refractivity (Wildman–Crippen MR) is 78.4 cm³/mol. The number of aliphatic imine (C=N–C) groups is 1. The Kier molecular flexibility index (Phi) is 8.13. The Hall–Kier alpha value is -0.860. The molecule has 1 heterocycles. The van der Waals surface area contributed by atoms with Crippen LogP contribution < -0.4 is 5.32 Å². The Balaban J connectivity index is 0.00000116. The fourth-order valence-electron chi connectivity index (χ4n) is 2.06. The molecule has 0 unspecified atom stereocenters. The molecule has 9 heteroatoms. The van der Waals surface area contributed by atoms with Gasteiger partial charge >= 0.3 is 36.3 Å². The summed E-state index contributed by atoms with van der Waals surface area (Å²) >= 11 is 0.300. The van der Waals surface area contributed by atoms with Crippen LogP contribution in [0.25, 0.3) is 0 Å². The summed E-state index contributed by atoms with van der Waals surface area (Å²) in [6, 6.07) is 7.54. The van der Waals surface area contributed by atoms with Crippen LogP contribution in [0.2, 0.25) is 6.04 Å². The number of anilines is 1. The van der Waals surface area contributed by atoms with E-state index in [0.717, 1.165) is 11.3 Å². The van der Waals surface area contributed by atoms with Crippen molar-refractivity contribution in [1.82, 2.24) is 0 Å². The number of carbonyl (C=O) groups is 1. The Morgan fingerprint density at radius 2 is 2.00 bits per heavy atom. The summed E-state index contributed by atoms with van der Waals surface area (Å²) in [6.45, 7) is 2.36. The monoisotopic (exact) mass is 400 g/mol. The van der Waals surface area contributed by atoms with Gasteiger partial charge in [-0.25, -0.2) is 0 Å². The van der Waals surface area contributed by atoms with Crippen molar-refractivity contribution in [2.75, 3.05) is 18.5 Å². The molecule has 1 aromatic rings. The van der Waals surface area contributed by atoms with Gasteiger partial charge in [0.2, 0.25) is 0 Å². The van der Waals surface area contributed by atoms with Gasteiger partial charge in [0.15, 0.2) is 0 Å². The fourth-order valence-corrected chi connectivity index (χ4v) is 3.29. The predicted octanol–water partition coefficient (Wildman–Crippen LogP) is 0.657. The van der Waals surface area contributed by atoms with E-state index in [4.69, 9.17) is 7.24 Å². The normalized spacial score (nSPS) is 15.0. The number of hydrogen-bond donors (Lipinski definition) is 3. The van der Waals surface area contributed by atoms with Crippen molar-refractivity contribution in [3.05, 3.63) is 29.8 Å². The van der Waals surface area contributed by atoms with Crippen LogP contribution in [0.15, 0.2) is 29.3 Å². The van der Waals surface area contributed by atoms with Crippen LogP contribution in [0.5, 0.6) is 0 Å². The minimum atomic E-state index is -3.54. The van der Waals surface area contributed by atoms with Crippen molar-refractivity contribution in [3.63, 3.8) is 0 Å². The topological polar surface area (TPSA) is 108 Å². The zero-order valence-electron chi connectivity index (χ0n) is 12.2. The molecule has 0 radical (unpaired) electrons. The molecule has 0 saturated heterocycles. The van der Waals surface area contributed by atoms with Crippen molar-refractivity contribution < 1.29 is 46.3 Å². The molecular formula is C13H18N2O5SiZr. The molecule has 118 valence electrons. The summed E-state index contributed by atoms with van der Waals surface area (Å²) in [5.41, 5.74) is 1.96. The SMILES string of the molecule is CCO[Si](O)(O)CCCN=C1C(=O)Nc2ccccc21.[O]=[Zr]. The standard InChI is InChI=1S/C13H18N2O4Si.O.Zr/c1-2-19-20(17,18)9-5-8-14-12-10-6-3-4-7-11(10)15-13(12)16;;/h3-4,6-7,17-18H,2,5,8-9H2,1H3,(H,14,15,16);;. The first-order valence-electron chi connectivity index (χ1n) is 6.78. The van der Waals surface area contributed by atoms with Gasteiger partial charge in [-0.3, -0.25) is 9.79 Å². The summed E-state index contributed by atoms with van der Waals surface area (Å²) in [6.07, 6.45) is 0.470. The first kappa shape index (κ1) is 19.2. The number of nitrogens with one attached hydrogen (secondary N) is 1. The quantitative estimate of drug-likeness (QED) is 0.479. The average Bonchev–Trinajstić information content (AvgIpc) is 2.81. The van der Waals surface area contributed by atoms with Crippen LogP contribution in [0.4, 0.5) is 5.69 Å². The molecule has 0 saturated carbocycles.